The van der Waals surface area contributed by atoms with Crippen LogP contribution in [0.1, 0.15) is 57.3 Å². The molecule has 102 valence electrons. The molecule has 0 aromatic carbocycles. The third kappa shape index (κ3) is 3.13. The van der Waals surface area contributed by atoms with Crippen molar-refractivity contribution in [2.75, 3.05) is 6.61 Å². The van der Waals surface area contributed by atoms with E-state index in [-0.39, 0.29) is 6.04 Å². The van der Waals surface area contributed by atoms with E-state index in [1.54, 1.807) is 0 Å². The van der Waals surface area contributed by atoms with Crippen LogP contribution in [-0.4, -0.2) is 22.5 Å². The van der Waals surface area contributed by atoms with Crippen LogP contribution in [0.5, 0.6) is 0 Å². The van der Waals surface area contributed by atoms with E-state index < -0.39 is 0 Å². The minimum Gasteiger partial charge on any atom is -0.378 e. The predicted octanol–water partition coefficient (Wildman–Crippen LogP) is 3.19. The minimum absolute atomic E-state index is 0.0217. The van der Waals surface area contributed by atoms with E-state index in [4.69, 9.17) is 10.5 Å². The highest BCUT2D eigenvalue weighted by Gasteiger charge is 2.21. The van der Waals surface area contributed by atoms with Crippen molar-refractivity contribution < 1.29 is 4.74 Å². The fourth-order valence-corrected chi connectivity index (χ4v) is 3.05. The molecule has 2 unspecified atom stereocenters. The first kappa shape index (κ1) is 14.0. The molecule has 1 saturated heterocycles. The fraction of sp³-hybridized carbons (Fsp3) is 0.769. The molecule has 0 spiro atoms. The second kappa shape index (κ2) is 6.17. The van der Waals surface area contributed by atoms with Gasteiger partial charge in [0.2, 0.25) is 0 Å². The molecular weight excluding hydrogens is 294 g/mol. The summed E-state index contributed by atoms with van der Waals surface area (Å²) in [5.74, 6) is 0. The summed E-state index contributed by atoms with van der Waals surface area (Å²) in [6.07, 6.45) is 6.59. The van der Waals surface area contributed by atoms with Crippen LogP contribution in [0.2, 0.25) is 0 Å². The topological polar surface area (TPSA) is 53.1 Å². The number of aromatic nitrogens is 2. The Morgan fingerprint density at radius 3 is 3.00 bits per heavy atom. The highest BCUT2D eigenvalue weighted by molar-refractivity contribution is 9.10. The number of hydrogen-bond acceptors (Lipinski definition) is 3. The lowest BCUT2D eigenvalue weighted by molar-refractivity contribution is 0.100. The maximum atomic E-state index is 6.31. The zero-order valence-electron chi connectivity index (χ0n) is 11.1. The summed E-state index contributed by atoms with van der Waals surface area (Å²) in [5, 5.41) is 4.37. The first-order chi connectivity index (χ1) is 8.59. The molecule has 1 aromatic heterocycles. The summed E-state index contributed by atoms with van der Waals surface area (Å²) in [4.78, 5) is 0. The third-order valence-corrected chi connectivity index (χ3v) is 4.06. The van der Waals surface area contributed by atoms with Gasteiger partial charge in [0.25, 0.3) is 0 Å². The molecule has 0 saturated carbocycles. The average molecular weight is 316 g/mol. The largest absolute Gasteiger partial charge is 0.378 e. The van der Waals surface area contributed by atoms with Crippen LogP contribution >= 0.6 is 15.9 Å². The quantitative estimate of drug-likeness (QED) is 0.908. The molecule has 0 aliphatic carbocycles. The zero-order valence-corrected chi connectivity index (χ0v) is 12.7. The molecule has 1 fully saturated rings. The van der Waals surface area contributed by atoms with E-state index in [9.17, 15) is 0 Å². The molecule has 0 bridgehead atoms. The molecule has 2 heterocycles. The summed E-state index contributed by atoms with van der Waals surface area (Å²) < 4.78 is 8.65. The standard InChI is InChI=1S/C13H22BrN3O/c1-9(2)17-13(11(14)8-16-17)12(15)6-5-10-4-3-7-18-10/h8-10,12H,3-7,15H2,1-2H3. The normalized spacial score (nSPS) is 21.7. The summed E-state index contributed by atoms with van der Waals surface area (Å²) >= 11 is 3.54. The van der Waals surface area contributed by atoms with Crippen molar-refractivity contribution in [3.63, 3.8) is 0 Å². The lowest BCUT2D eigenvalue weighted by Gasteiger charge is -2.18. The molecule has 0 amide bonds. The fourth-order valence-electron chi connectivity index (χ4n) is 2.48. The van der Waals surface area contributed by atoms with Gasteiger partial charge in [-0.3, -0.25) is 4.68 Å². The maximum absolute atomic E-state index is 6.31. The molecule has 1 aliphatic rings. The highest BCUT2D eigenvalue weighted by atomic mass is 79.9. The van der Waals surface area contributed by atoms with Crippen molar-refractivity contribution in [3.8, 4) is 0 Å². The average Bonchev–Trinajstić information content (AvgIpc) is 2.94. The number of ether oxygens (including phenoxy) is 1. The van der Waals surface area contributed by atoms with Gasteiger partial charge in [-0.1, -0.05) is 0 Å². The molecule has 0 radical (unpaired) electrons. The van der Waals surface area contributed by atoms with Crippen LogP contribution < -0.4 is 5.73 Å². The second-order valence-electron chi connectivity index (χ2n) is 5.23. The van der Waals surface area contributed by atoms with E-state index in [2.05, 4.69) is 34.9 Å². The van der Waals surface area contributed by atoms with Crippen LogP contribution in [0, 0.1) is 0 Å². The zero-order chi connectivity index (χ0) is 13.1. The molecule has 4 nitrogen and oxygen atoms in total. The third-order valence-electron chi connectivity index (χ3n) is 3.45. The van der Waals surface area contributed by atoms with Crippen molar-refractivity contribution in [3.05, 3.63) is 16.4 Å². The monoisotopic (exact) mass is 315 g/mol. The highest BCUT2D eigenvalue weighted by Crippen LogP contribution is 2.28. The maximum Gasteiger partial charge on any atom is 0.0696 e. The number of nitrogens with two attached hydrogens (primary N) is 1. The van der Waals surface area contributed by atoms with E-state index in [1.165, 1.54) is 12.8 Å². The van der Waals surface area contributed by atoms with Crippen molar-refractivity contribution in [1.82, 2.24) is 9.78 Å². The predicted molar refractivity (Wildman–Crippen MR) is 75.4 cm³/mol. The molecule has 1 aromatic rings. The molecule has 2 atom stereocenters. The lowest BCUT2D eigenvalue weighted by Crippen LogP contribution is -2.20. The number of rotatable bonds is 5. The number of nitrogens with zero attached hydrogens (tertiary/aromatic N) is 2. The molecule has 1 aliphatic heterocycles. The van der Waals surface area contributed by atoms with E-state index in [0.29, 0.717) is 12.1 Å². The molecule has 5 heteroatoms. The Bertz CT molecular complexity index is 386. The van der Waals surface area contributed by atoms with Crippen LogP contribution in [0.3, 0.4) is 0 Å². The minimum atomic E-state index is 0.0217. The van der Waals surface area contributed by atoms with Crippen LogP contribution in [0.4, 0.5) is 0 Å². The smallest absolute Gasteiger partial charge is 0.0696 e. The van der Waals surface area contributed by atoms with E-state index in [0.717, 1.165) is 29.6 Å². The van der Waals surface area contributed by atoms with Gasteiger partial charge in [-0.15, -0.1) is 0 Å². The second-order valence-corrected chi connectivity index (χ2v) is 6.09. The van der Waals surface area contributed by atoms with Gasteiger partial charge in [-0.2, -0.15) is 5.10 Å². The summed E-state index contributed by atoms with van der Waals surface area (Å²) in [6.45, 7) is 5.15. The van der Waals surface area contributed by atoms with Crippen LogP contribution in [0.15, 0.2) is 10.7 Å². The molecule has 2 rings (SSSR count). The van der Waals surface area contributed by atoms with Gasteiger partial charge in [-0.05, 0) is 55.5 Å². The SMILES string of the molecule is CC(C)n1ncc(Br)c1C(N)CCC1CCCO1. The lowest BCUT2D eigenvalue weighted by atomic mass is 10.0. The Labute approximate surface area is 117 Å². The first-order valence-corrected chi connectivity index (χ1v) is 7.49. The molecular formula is C13H22BrN3O. The van der Waals surface area contributed by atoms with Crippen LogP contribution in [0.25, 0.3) is 0 Å². The molecule has 2 N–H and O–H groups in total. The van der Waals surface area contributed by atoms with Gasteiger partial charge in [0.15, 0.2) is 0 Å². The van der Waals surface area contributed by atoms with Gasteiger partial charge >= 0.3 is 0 Å². The Hall–Kier alpha value is -0.390. The van der Waals surface area contributed by atoms with Crippen molar-refractivity contribution in [2.24, 2.45) is 5.73 Å². The Balaban J connectivity index is 1.98. The van der Waals surface area contributed by atoms with Crippen molar-refractivity contribution in [2.45, 2.75) is 57.7 Å². The Morgan fingerprint density at radius 2 is 2.39 bits per heavy atom. The van der Waals surface area contributed by atoms with Crippen LogP contribution in [-0.2, 0) is 4.74 Å². The summed E-state index contributed by atoms with van der Waals surface area (Å²) in [5.41, 5.74) is 7.41. The van der Waals surface area contributed by atoms with Crippen molar-refractivity contribution in [1.29, 1.82) is 0 Å². The molecule has 18 heavy (non-hydrogen) atoms. The Morgan fingerprint density at radius 1 is 1.61 bits per heavy atom. The summed E-state index contributed by atoms with van der Waals surface area (Å²) in [7, 11) is 0. The van der Waals surface area contributed by atoms with E-state index >= 15 is 0 Å². The number of halogens is 1. The van der Waals surface area contributed by atoms with E-state index in [1.807, 2.05) is 10.9 Å². The number of hydrogen-bond donors (Lipinski definition) is 1. The van der Waals surface area contributed by atoms with Gasteiger partial charge in [-0.25, -0.2) is 0 Å². The first-order valence-electron chi connectivity index (χ1n) is 6.69. The Kier molecular flexibility index (Phi) is 4.81. The summed E-state index contributed by atoms with van der Waals surface area (Å²) in [6, 6.07) is 0.355. The van der Waals surface area contributed by atoms with Gasteiger partial charge in [0, 0.05) is 18.7 Å². The van der Waals surface area contributed by atoms with Crippen molar-refractivity contribution >= 4 is 15.9 Å². The van der Waals surface area contributed by atoms with Gasteiger partial charge in [0.1, 0.15) is 0 Å². The van der Waals surface area contributed by atoms with Gasteiger partial charge < -0.3 is 10.5 Å². The van der Waals surface area contributed by atoms with Gasteiger partial charge in [0.05, 0.1) is 22.5 Å².